The van der Waals surface area contributed by atoms with E-state index in [-0.39, 0.29) is 6.04 Å². The number of halogens is 2. The topological polar surface area (TPSA) is 25.2 Å². The Balaban J connectivity index is 2.04. The summed E-state index contributed by atoms with van der Waals surface area (Å²) in [7, 11) is 0. The van der Waals surface area contributed by atoms with Crippen LogP contribution in [0.5, 0.6) is 0 Å². The molecule has 0 bridgehead atoms. The minimum absolute atomic E-state index is 0.135. The maximum absolute atomic E-state index is 6.16. The highest BCUT2D eigenvalue weighted by molar-refractivity contribution is 6.42. The molecule has 2 rings (SSSR count). The lowest BCUT2D eigenvalue weighted by Crippen LogP contribution is -2.18. The zero-order chi connectivity index (χ0) is 12.3. The summed E-state index contributed by atoms with van der Waals surface area (Å²) in [6.45, 7) is 2.79. The molecule has 90 valence electrons. The van der Waals surface area contributed by atoms with E-state index in [4.69, 9.17) is 27.6 Å². The third-order valence-electron chi connectivity index (χ3n) is 2.64. The van der Waals surface area contributed by atoms with Gasteiger partial charge in [0.1, 0.15) is 0 Å². The molecule has 0 fully saturated rings. The minimum atomic E-state index is 0.135. The van der Waals surface area contributed by atoms with Gasteiger partial charge in [0.05, 0.1) is 22.6 Å². The normalized spacial score (nSPS) is 12.6. The van der Waals surface area contributed by atoms with Gasteiger partial charge in [-0.3, -0.25) is 0 Å². The molecule has 1 atom stereocenters. The summed E-state index contributed by atoms with van der Waals surface area (Å²) in [5.41, 5.74) is 2.11. The maximum atomic E-state index is 6.16. The Morgan fingerprint density at radius 1 is 1.29 bits per heavy atom. The standard InChI is InChI=1S/C13H13Cl2NO/c1-9(16-7-10-5-6-17-8-10)11-3-2-4-12(14)13(11)15/h2-6,8-9,16H,7H2,1H3. The lowest BCUT2D eigenvalue weighted by atomic mass is 10.1. The van der Waals surface area contributed by atoms with Crippen LogP contribution in [-0.4, -0.2) is 0 Å². The summed E-state index contributed by atoms with van der Waals surface area (Å²) in [4.78, 5) is 0. The summed E-state index contributed by atoms with van der Waals surface area (Å²) in [5.74, 6) is 0. The first-order chi connectivity index (χ1) is 8.18. The molecule has 4 heteroatoms. The highest BCUT2D eigenvalue weighted by Gasteiger charge is 2.11. The Bertz CT molecular complexity index is 482. The van der Waals surface area contributed by atoms with Gasteiger partial charge in [0.15, 0.2) is 0 Å². The molecule has 2 aromatic rings. The van der Waals surface area contributed by atoms with Crippen molar-refractivity contribution in [3.8, 4) is 0 Å². The van der Waals surface area contributed by atoms with Crippen molar-refractivity contribution in [2.24, 2.45) is 0 Å². The molecular formula is C13H13Cl2NO. The molecule has 2 nitrogen and oxygen atoms in total. The first-order valence-electron chi connectivity index (χ1n) is 5.37. The van der Waals surface area contributed by atoms with E-state index in [1.54, 1.807) is 18.6 Å². The molecule has 0 saturated heterocycles. The number of rotatable bonds is 4. The SMILES string of the molecule is CC(NCc1ccoc1)c1cccc(Cl)c1Cl. The van der Waals surface area contributed by atoms with Crippen LogP contribution in [0.4, 0.5) is 0 Å². The second kappa shape index (κ2) is 5.58. The van der Waals surface area contributed by atoms with Crippen LogP contribution in [-0.2, 0) is 6.54 Å². The van der Waals surface area contributed by atoms with Gasteiger partial charge >= 0.3 is 0 Å². The molecule has 0 saturated carbocycles. The van der Waals surface area contributed by atoms with E-state index in [1.807, 2.05) is 18.2 Å². The van der Waals surface area contributed by atoms with Crippen LogP contribution in [0, 0.1) is 0 Å². The van der Waals surface area contributed by atoms with Gasteiger partial charge in [0, 0.05) is 18.2 Å². The smallest absolute Gasteiger partial charge is 0.0947 e. The molecule has 1 aromatic carbocycles. The quantitative estimate of drug-likeness (QED) is 0.888. The Morgan fingerprint density at radius 2 is 2.12 bits per heavy atom. The van der Waals surface area contributed by atoms with Crippen LogP contribution in [0.25, 0.3) is 0 Å². The number of furan rings is 1. The van der Waals surface area contributed by atoms with E-state index < -0.39 is 0 Å². The fraction of sp³-hybridized carbons (Fsp3) is 0.231. The molecule has 1 aromatic heterocycles. The van der Waals surface area contributed by atoms with Gasteiger partial charge in [0.2, 0.25) is 0 Å². The van der Waals surface area contributed by atoms with E-state index in [1.165, 1.54) is 0 Å². The molecular weight excluding hydrogens is 257 g/mol. The van der Waals surface area contributed by atoms with E-state index in [0.29, 0.717) is 10.0 Å². The maximum Gasteiger partial charge on any atom is 0.0947 e. The van der Waals surface area contributed by atoms with Gasteiger partial charge in [-0.25, -0.2) is 0 Å². The van der Waals surface area contributed by atoms with Crippen molar-refractivity contribution in [3.05, 3.63) is 58.0 Å². The van der Waals surface area contributed by atoms with Crippen molar-refractivity contribution >= 4 is 23.2 Å². The zero-order valence-corrected chi connectivity index (χ0v) is 10.9. The minimum Gasteiger partial charge on any atom is -0.472 e. The van der Waals surface area contributed by atoms with Crippen molar-refractivity contribution in [1.82, 2.24) is 5.32 Å². The van der Waals surface area contributed by atoms with E-state index >= 15 is 0 Å². The van der Waals surface area contributed by atoms with Gasteiger partial charge in [-0.2, -0.15) is 0 Å². The largest absolute Gasteiger partial charge is 0.472 e. The average molecular weight is 270 g/mol. The van der Waals surface area contributed by atoms with Gasteiger partial charge in [-0.05, 0) is 24.6 Å². The molecule has 0 aliphatic heterocycles. The number of nitrogens with one attached hydrogen (secondary N) is 1. The molecule has 1 heterocycles. The Morgan fingerprint density at radius 3 is 2.82 bits per heavy atom. The third-order valence-corrected chi connectivity index (χ3v) is 3.47. The molecule has 17 heavy (non-hydrogen) atoms. The van der Waals surface area contributed by atoms with Gasteiger partial charge in [0.25, 0.3) is 0 Å². The summed E-state index contributed by atoms with van der Waals surface area (Å²) < 4.78 is 5.01. The van der Waals surface area contributed by atoms with Crippen LogP contribution >= 0.6 is 23.2 Å². The predicted octanol–water partition coefficient (Wildman–Crippen LogP) is 4.44. The number of hydrogen-bond donors (Lipinski definition) is 1. The van der Waals surface area contributed by atoms with Crippen LogP contribution in [0.2, 0.25) is 10.0 Å². The summed E-state index contributed by atoms with van der Waals surface area (Å²) in [6.07, 6.45) is 3.38. The second-order valence-electron chi connectivity index (χ2n) is 3.88. The first-order valence-corrected chi connectivity index (χ1v) is 6.12. The van der Waals surface area contributed by atoms with Crippen molar-refractivity contribution < 1.29 is 4.42 Å². The third kappa shape index (κ3) is 3.03. The lowest BCUT2D eigenvalue weighted by Gasteiger charge is -2.15. The number of hydrogen-bond acceptors (Lipinski definition) is 2. The monoisotopic (exact) mass is 269 g/mol. The number of benzene rings is 1. The molecule has 0 aliphatic carbocycles. The predicted molar refractivity (Wildman–Crippen MR) is 70.4 cm³/mol. The molecule has 0 amide bonds. The van der Waals surface area contributed by atoms with E-state index in [2.05, 4.69) is 12.2 Å². The van der Waals surface area contributed by atoms with Gasteiger partial charge in [-0.1, -0.05) is 35.3 Å². The van der Waals surface area contributed by atoms with Crippen molar-refractivity contribution in [3.63, 3.8) is 0 Å². The molecule has 1 N–H and O–H groups in total. The van der Waals surface area contributed by atoms with Gasteiger partial charge < -0.3 is 9.73 Å². The fourth-order valence-electron chi connectivity index (χ4n) is 1.63. The molecule has 0 aliphatic rings. The van der Waals surface area contributed by atoms with E-state index in [0.717, 1.165) is 17.7 Å². The Hall–Kier alpha value is -0.960. The Labute approximate surface area is 111 Å². The van der Waals surface area contributed by atoms with Crippen LogP contribution in [0.1, 0.15) is 24.1 Å². The first kappa shape index (κ1) is 12.5. The Kier molecular flexibility index (Phi) is 4.11. The summed E-state index contributed by atoms with van der Waals surface area (Å²) >= 11 is 12.1. The fourth-order valence-corrected chi connectivity index (χ4v) is 2.10. The second-order valence-corrected chi connectivity index (χ2v) is 4.66. The summed E-state index contributed by atoms with van der Waals surface area (Å²) in [5, 5.41) is 4.56. The lowest BCUT2D eigenvalue weighted by molar-refractivity contribution is 0.547. The van der Waals surface area contributed by atoms with Crippen molar-refractivity contribution in [1.29, 1.82) is 0 Å². The zero-order valence-electron chi connectivity index (χ0n) is 9.41. The van der Waals surface area contributed by atoms with Crippen molar-refractivity contribution in [2.75, 3.05) is 0 Å². The molecule has 1 unspecified atom stereocenters. The van der Waals surface area contributed by atoms with Crippen LogP contribution in [0.15, 0.2) is 41.2 Å². The van der Waals surface area contributed by atoms with Gasteiger partial charge in [-0.15, -0.1) is 0 Å². The molecule has 0 spiro atoms. The molecule has 0 radical (unpaired) electrons. The van der Waals surface area contributed by atoms with E-state index in [9.17, 15) is 0 Å². The highest BCUT2D eigenvalue weighted by atomic mass is 35.5. The summed E-state index contributed by atoms with van der Waals surface area (Å²) in [6, 6.07) is 7.73. The van der Waals surface area contributed by atoms with Crippen LogP contribution < -0.4 is 5.32 Å². The van der Waals surface area contributed by atoms with Crippen LogP contribution in [0.3, 0.4) is 0 Å². The van der Waals surface area contributed by atoms with Crippen molar-refractivity contribution in [2.45, 2.75) is 19.5 Å². The highest BCUT2D eigenvalue weighted by Crippen LogP contribution is 2.29. The average Bonchev–Trinajstić information content (AvgIpc) is 2.82.